The lowest BCUT2D eigenvalue weighted by Crippen LogP contribution is -2.64. The van der Waals surface area contributed by atoms with Crippen LogP contribution in [0.15, 0.2) is 48.6 Å². The summed E-state index contributed by atoms with van der Waals surface area (Å²) in [6, 6.07) is 8.45. The second-order valence-corrected chi connectivity index (χ2v) is 15.2. The molecule has 14 heteroatoms. The van der Waals surface area contributed by atoms with Crippen molar-refractivity contribution >= 4 is 10.4 Å². The summed E-state index contributed by atoms with van der Waals surface area (Å²) in [4.78, 5) is 4.87. The molecule has 2 fully saturated rings. The quantitative estimate of drug-likeness (QED) is 0.154. The van der Waals surface area contributed by atoms with Crippen LogP contribution in [0.5, 0.6) is 23.0 Å². The Morgan fingerprint density at radius 1 is 0.694 bits per heavy atom. The Labute approximate surface area is 285 Å². The maximum Gasteiger partial charge on any atom is 0.394 e. The number of piperidine rings is 2. The Balaban J connectivity index is 0.000000130. The average Bonchev–Trinajstić information content (AvgIpc) is 3.60. The number of likely N-dealkylation sites (tertiary alicyclic amines) is 2. The van der Waals surface area contributed by atoms with E-state index < -0.39 is 22.6 Å². The molecule has 2 aromatic carbocycles. The number of phenolic OH excluding ortho intramolecular Hbond substituents is 2. The van der Waals surface area contributed by atoms with Gasteiger partial charge in [0.1, 0.15) is 24.4 Å². The Bertz CT molecular complexity index is 1690. The number of ether oxygens (including phenoxy) is 2. The first-order valence-electron chi connectivity index (χ1n) is 16.6. The number of aliphatic hydroxyl groups is 3. The third kappa shape index (κ3) is 4.94. The van der Waals surface area contributed by atoms with Crippen molar-refractivity contribution in [1.29, 1.82) is 0 Å². The van der Waals surface area contributed by atoms with Crippen LogP contribution in [0, 0.1) is 11.8 Å². The summed E-state index contributed by atoms with van der Waals surface area (Å²) in [6.07, 6.45) is 10.4. The molecule has 13 nitrogen and oxygen atoms in total. The van der Waals surface area contributed by atoms with Crippen molar-refractivity contribution in [2.75, 3.05) is 34.3 Å². The summed E-state index contributed by atoms with van der Waals surface area (Å²) in [5, 5.41) is 48.3. The van der Waals surface area contributed by atoms with Crippen molar-refractivity contribution in [3.05, 3.63) is 70.8 Å². The van der Waals surface area contributed by atoms with E-state index in [4.69, 9.17) is 32.1 Å². The van der Waals surface area contributed by atoms with Crippen molar-refractivity contribution in [3.8, 4) is 23.0 Å². The molecular weight excluding hydrogens is 656 g/mol. The maximum atomic E-state index is 10.4. The summed E-state index contributed by atoms with van der Waals surface area (Å²) >= 11 is 0. The monoisotopic (exact) mass is 700 g/mol. The van der Waals surface area contributed by atoms with Gasteiger partial charge >= 0.3 is 10.4 Å². The van der Waals surface area contributed by atoms with Crippen molar-refractivity contribution in [3.63, 3.8) is 0 Å². The van der Waals surface area contributed by atoms with Crippen LogP contribution in [0.4, 0.5) is 0 Å². The number of nitrogens with zero attached hydrogens (tertiary/aromatic N) is 2. The minimum atomic E-state index is -4.67. The fraction of sp³-hybridized carbons (Fsp3) is 0.543. The molecule has 0 saturated carbocycles. The summed E-state index contributed by atoms with van der Waals surface area (Å²) in [6.45, 7) is 2.02. The lowest BCUT2D eigenvalue weighted by atomic mass is 9.53. The minimum absolute atomic E-state index is 0.160. The smallest absolute Gasteiger partial charge is 0.394 e. The third-order valence-electron chi connectivity index (χ3n) is 12.3. The maximum absolute atomic E-state index is 10.4. The molecule has 0 amide bonds. The molecular formula is C35H44N2O11S. The zero-order chi connectivity index (χ0) is 35.2. The lowest BCUT2D eigenvalue weighted by molar-refractivity contribution is -0.0453. The lowest BCUT2D eigenvalue weighted by Gasteiger charge is -2.56. The average molecular weight is 701 g/mol. The van der Waals surface area contributed by atoms with Gasteiger partial charge in [0.15, 0.2) is 23.0 Å². The predicted molar refractivity (Wildman–Crippen MR) is 177 cm³/mol. The van der Waals surface area contributed by atoms with E-state index in [-0.39, 0.29) is 34.5 Å². The Morgan fingerprint density at radius 2 is 1.06 bits per heavy atom. The molecule has 4 heterocycles. The zero-order valence-corrected chi connectivity index (χ0v) is 28.4. The number of benzene rings is 2. The molecule has 49 heavy (non-hydrogen) atoms. The van der Waals surface area contributed by atoms with Crippen LogP contribution in [0.3, 0.4) is 0 Å². The van der Waals surface area contributed by atoms with Crippen LogP contribution in [0.25, 0.3) is 0 Å². The molecule has 2 spiro atoms. The standard InChI is InChI=1S/2C17H19NO3.CH4O.H2O4S/c2*1-18-7-6-17-10-3-5-13(20)16(17)21-15-12(19)4-2-9(14(15)17)8-11(10)18;1-2;1-5(2,3)4/h2*2-5,10-11,13,16,19-20H,6-8H2,1H3;2H,1H3;(H2,1,2,3,4)/t2*10-,11+,13-,16-,17-;;/m00../s1. The van der Waals surface area contributed by atoms with Crippen molar-refractivity contribution in [1.82, 2.24) is 9.80 Å². The molecule has 8 aliphatic rings. The number of likely N-dealkylation sites (N-methyl/N-ethyl adjacent to an activating group) is 2. The van der Waals surface area contributed by atoms with E-state index >= 15 is 0 Å². The second-order valence-electron chi connectivity index (χ2n) is 14.3. The molecule has 2 saturated heterocycles. The van der Waals surface area contributed by atoms with E-state index in [0.717, 1.165) is 45.9 Å². The van der Waals surface area contributed by atoms with Gasteiger partial charge in [-0.3, -0.25) is 9.11 Å². The largest absolute Gasteiger partial charge is 0.504 e. The van der Waals surface area contributed by atoms with Gasteiger partial charge in [-0.1, -0.05) is 36.4 Å². The van der Waals surface area contributed by atoms with Gasteiger partial charge < -0.3 is 44.8 Å². The number of hydrogen-bond donors (Lipinski definition) is 7. The molecule has 266 valence electrons. The molecule has 2 aromatic rings. The number of phenols is 2. The Kier molecular flexibility index (Phi) is 8.35. The van der Waals surface area contributed by atoms with E-state index in [9.17, 15) is 20.4 Å². The molecule has 10 atom stereocenters. The van der Waals surface area contributed by atoms with Gasteiger partial charge in [-0.25, -0.2) is 0 Å². The van der Waals surface area contributed by atoms with Gasteiger partial charge in [0.2, 0.25) is 0 Å². The van der Waals surface area contributed by atoms with Gasteiger partial charge in [-0.15, -0.1) is 0 Å². The van der Waals surface area contributed by atoms with Gasteiger partial charge in [0.25, 0.3) is 0 Å². The number of rotatable bonds is 0. The number of aliphatic hydroxyl groups excluding tert-OH is 3. The number of aromatic hydroxyl groups is 2. The SMILES string of the molecule is CN1CC[C@]23c4c5ccc(O)c4O[C@H]2[C@@H](O)C=C[C@H]3[C@H]1C5.CN1CC[C@]23c4c5ccc(O)c4O[C@H]2[C@@H](O)C=C[C@H]3[C@H]1C5.CO.O=S(=O)(O)O. The van der Waals surface area contributed by atoms with E-state index in [1.54, 1.807) is 12.1 Å². The normalized spacial score (nSPS) is 37.8. The van der Waals surface area contributed by atoms with Gasteiger partial charge in [0.05, 0.1) is 0 Å². The van der Waals surface area contributed by atoms with E-state index in [0.29, 0.717) is 35.4 Å². The highest BCUT2D eigenvalue weighted by Gasteiger charge is 2.65. The third-order valence-corrected chi connectivity index (χ3v) is 12.3. The van der Waals surface area contributed by atoms with Crippen LogP contribution in [0.2, 0.25) is 0 Å². The molecule has 7 N–H and O–H groups in total. The second kappa shape index (κ2) is 11.9. The first kappa shape index (κ1) is 34.2. The fourth-order valence-electron chi connectivity index (χ4n) is 10.5. The van der Waals surface area contributed by atoms with E-state index in [2.05, 4.69) is 36.0 Å². The molecule has 0 radical (unpaired) electrons. The summed E-state index contributed by atoms with van der Waals surface area (Å²) < 4.78 is 43.8. The van der Waals surface area contributed by atoms with Crippen molar-refractivity contribution in [2.45, 2.75) is 73.0 Å². The minimum Gasteiger partial charge on any atom is -0.504 e. The van der Waals surface area contributed by atoms with Crippen LogP contribution in [0.1, 0.15) is 35.1 Å². The summed E-state index contributed by atoms with van der Waals surface area (Å²) in [5.41, 5.74) is 4.58. The highest BCUT2D eigenvalue weighted by molar-refractivity contribution is 7.79. The first-order chi connectivity index (χ1) is 23.3. The van der Waals surface area contributed by atoms with Crippen molar-refractivity contribution < 1.29 is 52.5 Å². The Morgan fingerprint density at radius 3 is 1.43 bits per heavy atom. The summed E-state index contributed by atoms with van der Waals surface area (Å²) in [7, 11) is 0.709. The van der Waals surface area contributed by atoms with Crippen LogP contribution >= 0.6 is 0 Å². The Hall–Kier alpha value is -3.21. The van der Waals surface area contributed by atoms with Gasteiger partial charge in [0, 0.05) is 53.0 Å². The highest BCUT2D eigenvalue weighted by Crippen LogP contribution is 2.63. The van der Waals surface area contributed by atoms with Crippen LogP contribution in [-0.2, 0) is 34.1 Å². The zero-order valence-electron chi connectivity index (χ0n) is 27.5. The van der Waals surface area contributed by atoms with Crippen LogP contribution in [-0.4, -0.2) is 124 Å². The molecule has 0 unspecified atom stereocenters. The van der Waals surface area contributed by atoms with Gasteiger partial charge in [-0.2, -0.15) is 8.42 Å². The summed E-state index contributed by atoms with van der Waals surface area (Å²) in [5.74, 6) is 2.38. The van der Waals surface area contributed by atoms with Crippen molar-refractivity contribution in [2.24, 2.45) is 11.8 Å². The van der Waals surface area contributed by atoms with Crippen LogP contribution < -0.4 is 9.47 Å². The molecule has 4 bridgehead atoms. The topological polar surface area (TPSA) is 201 Å². The molecule has 0 aromatic heterocycles. The predicted octanol–water partition coefficient (Wildman–Crippen LogP) is 1.35. The molecule has 10 rings (SSSR count). The molecule has 4 aliphatic heterocycles. The fourth-order valence-corrected chi connectivity index (χ4v) is 10.5. The highest BCUT2D eigenvalue weighted by atomic mass is 32.3. The first-order valence-corrected chi connectivity index (χ1v) is 18.0. The van der Waals surface area contributed by atoms with E-state index in [1.807, 2.05) is 24.3 Å². The van der Waals surface area contributed by atoms with E-state index in [1.165, 1.54) is 22.3 Å². The molecule has 4 aliphatic carbocycles. The van der Waals surface area contributed by atoms with Gasteiger partial charge in [-0.05, 0) is 76.1 Å². The number of hydrogen-bond acceptors (Lipinski definition) is 11.